The van der Waals surface area contributed by atoms with Gasteiger partial charge in [-0.2, -0.15) is 0 Å². The van der Waals surface area contributed by atoms with Crippen LogP contribution in [-0.2, 0) is 13.6 Å². The molecule has 0 atom stereocenters. The zero-order chi connectivity index (χ0) is 11.3. The molecule has 0 spiro atoms. The molecule has 3 rings (SSSR count). The topological polar surface area (TPSA) is 44.0 Å². The number of thiophene rings is 1. The molecule has 16 heavy (non-hydrogen) atoms. The van der Waals surface area contributed by atoms with Gasteiger partial charge in [0.15, 0.2) is 0 Å². The summed E-state index contributed by atoms with van der Waals surface area (Å²) in [4.78, 5) is 24.6. The third-order valence-electron chi connectivity index (χ3n) is 3.08. The molecule has 5 heteroatoms. The van der Waals surface area contributed by atoms with E-state index in [1.54, 1.807) is 17.7 Å². The Labute approximate surface area is 95.8 Å². The van der Waals surface area contributed by atoms with E-state index in [9.17, 15) is 9.59 Å². The maximum atomic E-state index is 12.0. The molecule has 4 nitrogen and oxygen atoms in total. The van der Waals surface area contributed by atoms with E-state index < -0.39 is 0 Å². The third kappa shape index (κ3) is 1.35. The van der Waals surface area contributed by atoms with Crippen molar-refractivity contribution in [3.05, 3.63) is 32.3 Å². The average molecular weight is 236 g/mol. The number of hydrogen-bond donors (Lipinski definition) is 0. The van der Waals surface area contributed by atoms with Crippen molar-refractivity contribution in [3.63, 3.8) is 0 Å². The molecule has 1 saturated carbocycles. The van der Waals surface area contributed by atoms with E-state index in [1.807, 2.05) is 5.38 Å². The van der Waals surface area contributed by atoms with Gasteiger partial charge in [0.1, 0.15) is 4.83 Å². The first-order chi connectivity index (χ1) is 7.68. The standard InChI is InChI=1S/C11H12N2O2S/c1-12-9(14)8-4-5-16-10(8)13(11(12)15)6-7-2-3-7/h4-5,7H,2-3,6H2,1H3. The van der Waals surface area contributed by atoms with Gasteiger partial charge in [-0.15, -0.1) is 11.3 Å². The van der Waals surface area contributed by atoms with Crippen molar-refractivity contribution in [3.8, 4) is 0 Å². The van der Waals surface area contributed by atoms with Crippen LogP contribution in [0.2, 0.25) is 0 Å². The molecule has 0 amide bonds. The minimum atomic E-state index is -0.188. The Morgan fingerprint density at radius 1 is 1.44 bits per heavy atom. The monoisotopic (exact) mass is 236 g/mol. The van der Waals surface area contributed by atoms with Crippen LogP contribution in [0.5, 0.6) is 0 Å². The predicted octanol–water partition coefficient (Wildman–Crippen LogP) is 1.17. The summed E-state index contributed by atoms with van der Waals surface area (Å²) >= 11 is 1.47. The van der Waals surface area contributed by atoms with Crippen molar-refractivity contribution in [1.82, 2.24) is 9.13 Å². The molecule has 1 aliphatic carbocycles. The molecule has 0 N–H and O–H groups in total. The van der Waals surface area contributed by atoms with Crippen molar-refractivity contribution >= 4 is 21.6 Å². The summed E-state index contributed by atoms with van der Waals surface area (Å²) in [6, 6.07) is 1.80. The summed E-state index contributed by atoms with van der Waals surface area (Å²) in [5.74, 6) is 0.625. The van der Waals surface area contributed by atoms with Crippen LogP contribution < -0.4 is 11.2 Å². The maximum absolute atomic E-state index is 12.0. The second kappa shape index (κ2) is 3.31. The predicted molar refractivity (Wildman–Crippen MR) is 64.1 cm³/mol. The van der Waals surface area contributed by atoms with Gasteiger partial charge in [0.2, 0.25) is 0 Å². The zero-order valence-corrected chi connectivity index (χ0v) is 9.79. The fourth-order valence-electron chi connectivity index (χ4n) is 1.93. The zero-order valence-electron chi connectivity index (χ0n) is 8.97. The summed E-state index contributed by atoms with van der Waals surface area (Å²) in [6.45, 7) is 0.754. The second-order valence-electron chi connectivity index (χ2n) is 4.34. The summed E-state index contributed by atoms with van der Waals surface area (Å²) < 4.78 is 2.95. The lowest BCUT2D eigenvalue weighted by Crippen LogP contribution is -2.37. The van der Waals surface area contributed by atoms with Gasteiger partial charge in [-0.25, -0.2) is 4.79 Å². The number of hydrogen-bond acceptors (Lipinski definition) is 3. The lowest BCUT2D eigenvalue weighted by molar-refractivity contribution is 0.584. The molecular formula is C11H12N2O2S. The molecule has 0 bridgehead atoms. The number of fused-ring (bicyclic) bond motifs is 1. The van der Waals surface area contributed by atoms with E-state index in [2.05, 4.69) is 0 Å². The Hall–Kier alpha value is -1.36. The molecule has 2 heterocycles. The number of rotatable bonds is 2. The molecule has 84 valence electrons. The Bertz CT molecular complexity index is 661. The fourth-order valence-corrected chi connectivity index (χ4v) is 2.82. The van der Waals surface area contributed by atoms with Crippen LogP contribution >= 0.6 is 11.3 Å². The summed E-state index contributed by atoms with van der Waals surface area (Å²) in [5.41, 5.74) is -0.375. The summed E-state index contributed by atoms with van der Waals surface area (Å²) in [5, 5.41) is 2.53. The molecule has 2 aromatic rings. The van der Waals surface area contributed by atoms with Gasteiger partial charge in [0.05, 0.1) is 5.39 Å². The van der Waals surface area contributed by atoms with Crippen LogP contribution in [0.4, 0.5) is 0 Å². The number of nitrogens with zero attached hydrogens (tertiary/aromatic N) is 2. The van der Waals surface area contributed by atoms with Crippen LogP contribution in [0.15, 0.2) is 21.0 Å². The lowest BCUT2D eigenvalue weighted by Gasteiger charge is -2.07. The highest BCUT2D eigenvalue weighted by atomic mass is 32.1. The van der Waals surface area contributed by atoms with E-state index in [4.69, 9.17) is 0 Å². The normalized spacial score (nSPS) is 15.8. The van der Waals surface area contributed by atoms with E-state index in [0.717, 1.165) is 11.4 Å². The van der Waals surface area contributed by atoms with Crippen molar-refractivity contribution in [2.45, 2.75) is 19.4 Å². The molecule has 2 aromatic heterocycles. The first-order valence-corrected chi connectivity index (χ1v) is 6.23. The van der Waals surface area contributed by atoms with Gasteiger partial charge in [0, 0.05) is 13.6 Å². The van der Waals surface area contributed by atoms with Crippen molar-refractivity contribution < 1.29 is 0 Å². The molecule has 1 aliphatic rings. The average Bonchev–Trinajstić information content (AvgIpc) is 2.96. The first kappa shape index (κ1) is 9.84. The Balaban J connectivity index is 2.35. The van der Waals surface area contributed by atoms with Gasteiger partial charge in [-0.05, 0) is 30.2 Å². The van der Waals surface area contributed by atoms with Crippen LogP contribution in [0, 0.1) is 5.92 Å². The van der Waals surface area contributed by atoms with E-state index >= 15 is 0 Å². The Morgan fingerprint density at radius 3 is 2.88 bits per heavy atom. The molecule has 0 unspecified atom stereocenters. The van der Waals surface area contributed by atoms with E-state index in [1.165, 1.54) is 28.7 Å². The van der Waals surface area contributed by atoms with Crippen LogP contribution in [0.25, 0.3) is 10.2 Å². The Kier molecular flexibility index (Phi) is 2.04. The molecule has 0 saturated heterocycles. The molecular weight excluding hydrogens is 224 g/mol. The molecule has 0 aliphatic heterocycles. The highest BCUT2D eigenvalue weighted by Crippen LogP contribution is 2.31. The number of aromatic nitrogens is 2. The van der Waals surface area contributed by atoms with Gasteiger partial charge in [0.25, 0.3) is 5.56 Å². The Morgan fingerprint density at radius 2 is 2.19 bits per heavy atom. The van der Waals surface area contributed by atoms with Gasteiger partial charge in [-0.3, -0.25) is 13.9 Å². The fraction of sp³-hybridized carbons (Fsp3) is 0.455. The van der Waals surface area contributed by atoms with E-state index in [-0.39, 0.29) is 11.2 Å². The largest absolute Gasteiger partial charge is 0.331 e. The molecule has 0 radical (unpaired) electrons. The maximum Gasteiger partial charge on any atom is 0.331 e. The second-order valence-corrected chi connectivity index (χ2v) is 5.23. The lowest BCUT2D eigenvalue weighted by atomic mass is 10.3. The van der Waals surface area contributed by atoms with Crippen molar-refractivity contribution in [1.29, 1.82) is 0 Å². The van der Waals surface area contributed by atoms with Gasteiger partial charge >= 0.3 is 5.69 Å². The summed E-state index contributed by atoms with van der Waals surface area (Å²) in [6.07, 6.45) is 2.39. The van der Waals surface area contributed by atoms with Crippen LogP contribution in [0.3, 0.4) is 0 Å². The van der Waals surface area contributed by atoms with Crippen molar-refractivity contribution in [2.75, 3.05) is 0 Å². The third-order valence-corrected chi connectivity index (χ3v) is 4.02. The SMILES string of the molecule is Cn1c(=O)c2ccsc2n(CC2CC2)c1=O. The first-order valence-electron chi connectivity index (χ1n) is 5.35. The van der Waals surface area contributed by atoms with Crippen LogP contribution in [-0.4, -0.2) is 9.13 Å². The van der Waals surface area contributed by atoms with E-state index in [0.29, 0.717) is 11.3 Å². The molecule has 1 fully saturated rings. The minimum absolute atomic E-state index is 0.187. The quantitative estimate of drug-likeness (QED) is 0.785. The molecule has 0 aromatic carbocycles. The highest BCUT2D eigenvalue weighted by Gasteiger charge is 2.24. The summed E-state index contributed by atoms with van der Waals surface area (Å²) in [7, 11) is 1.55. The smallest absolute Gasteiger partial charge is 0.284 e. The van der Waals surface area contributed by atoms with Crippen molar-refractivity contribution in [2.24, 2.45) is 13.0 Å². The highest BCUT2D eigenvalue weighted by molar-refractivity contribution is 7.16. The minimum Gasteiger partial charge on any atom is -0.284 e. The van der Waals surface area contributed by atoms with Crippen LogP contribution in [0.1, 0.15) is 12.8 Å². The van der Waals surface area contributed by atoms with Gasteiger partial charge < -0.3 is 0 Å². The van der Waals surface area contributed by atoms with Gasteiger partial charge in [-0.1, -0.05) is 0 Å².